The van der Waals surface area contributed by atoms with Crippen LogP contribution in [0.25, 0.3) is 11.3 Å². The van der Waals surface area contributed by atoms with E-state index in [4.69, 9.17) is 19.7 Å². The standard InChI is InChI=1S/C10H8N2O4/c11-9-3-7(16-12-9)6-1-5(13)2-8-10(6)15-4-14-8/h1-3,13H,4H2,(H2,11,12). The number of nitrogens with zero attached hydrogens (tertiary/aromatic N) is 1. The Kier molecular flexibility index (Phi) is 1.70. The Morgan fingerprint density at radius 2 is 2.12 bits per heavy atom. The summed E-state index contributed by atoms with van der Waals surface area (Å²) in [7, 11) is 0. The third-order valence-corrected chi connectivity index (χ3v) is 2.25. The van der Waals surface area contributed by atoms with Crippen LogP contribution in [0.4, 0.5) is 5.82 Å². The zero-order chi connectivity index (χ0) is 11.1. The maximum atomic E-state index is 9.52. The lowest BCUT2D eigenvalue weighted by Gasteiger charge is -2.02. The molecular weight excluding hydrogens is 212 g/mol. The van der Waals surface area contributed by atoms with Gasteiger partial charge in [-0.15, -0.1) is 0 Å². The number of benzene rings is 1. The van der Waals surface area contributed by atoms with Gasteiger partial charge in [-0.1, -0.05) is 5.16 Å². The summed E-state index contributed by atoms with van der Waals surface area (Å²) in [5, 5.41) is 13.1. The van der Waals surface area contributed by atoms with E-state index in [9.17, 15) is 5.11 Å². The van der Waals surface area contributed by atoms with Crippen LogP contribution in [-0.2, 0) is 0 Å². The Balaban J connectivity index is 2.20. The fourth-order valence-electron chi connectivity index (χ4n) is 1.59. The highest BCUT2D eigenvalue weighted by Crippen LogP contribution is 2.44. The summed E-state index contributed by atoms with van der Waals surface area (Å²) in [5.41, 5.74) is 6.03. The van der Waals surface area contributed by atoms with Crippen molar-refractivity contribution < 1.29 is 19.1 Å². The van der Waals surface area contributed by atoms with E-state index in [1.165, 1.54) is 12.1 Å². The van der Waals surface area contributed by atoms with E-state index < -0.39 is 0 Å². The van der Waals surface area contributed by atoms with Gasteiger partial charge in [-0.2, -0.15) is 0 Å². The van der Waals surface area contributed by atoms with E-state index in [0.717, 1.165) is 0 Å². The van der Waals surface area contributed by atoms with Gasteiger partial charge in [0.25, 0.3) is 0 Å². The Labute approximate surface area is 90.2 Å². The van der Waals surface area contributed by atoms with Crippen molar-refractivity contribution in [2.24, 2.45) is 0 Å². The van der Waals surface area contributed by atoms with E-state index >= 15 is 0 Å². The molecule has 0 saturated heterocycles. The molecule has 6 heteroatoms. The topological polar surface area (TPSA) is 90.7 Å². The molecule has 0 bridgehead atoms. The van der Waals surface area contributed by atoms with Crippen LogP contribution in [0.3, 0.4) is 0 Å². The number of aromatic hydroxyl groups is 1. The second kappa shape index (κ2) is 3.06. The normalized spacial score (nSPS) is 13.0. The summed E-state index contributed by atoms with van der Waals surface area (Å²) in [6.07, 6.45) is 0. The van der Waals surface area contributed by atoms with E-state index in [0.29, 0.717) is 22.8 Å². The number of nitrogens with two attached hydrogens (primary N) is 1. The second-order valence-electron chi connectivity index (χ2n) is 3.34. The first kappa shape index (κ1) is 8.90. The average molecular weight is 220 g/mol. The Bertz CT molecular complexity index is 550. The minimum absolute atomic E-state index is 0.0641. The second-order valence-corrected chi connectivity index (χ2v) is 3.34. The lowest BCUT2D eigenvalue weighted by molar-refractivity contribution is 0.174. The van der Waals surface area contributed by atoms with Crippen LogP contribution < -0.4 is 15.2 Å². The van der Waals surface area contributed by atoms with E-state index in [2.05, 4.69) is 5.16 Å². The summed E-state index contributed by atoms with van der Waals surface area (Å²) < 4.78 is 15.5. The largest absolute Gasteiger partial charge is 0.508 e. The fourth-order valence-corrected chi connectivity index (χ4v) is 1.59. The molecule has 3 N–H and O–H groups in total. The van der Waals surface area contributed by atoms with Gasteiger partial charge in [-0.3, -0.25) is 0 Å². The first-order valence-electron chi connectivity index (χ1n) is 4.59. The number of phenols is 1. The van der Waals surface area contributed by atoms with Gasteiger partial charge in [0, 0.05) is 12.1 Å². The van der Waals surface area contributed by atoms with Gasteiger partial charge < -0.3 is 24.8 Å². The average Bonchev–Trinajstić information content (AvgIpc) is 2.84. The van der Waals surface area contributed by atoms with Crippen molar-refractivity contribution >= 4 is 5.82 Å². The number of fused-ring (bicyclic) bond motifs is 1. The predicted molar refractivity (Wildman–Crippen MR) is 54.1 cm³/mol. The first-order valence-corrected chi connectivity index (χ1v) is 4.59. The molecular formula is C10H8N2O4. The van der Waals surface area contributed by atoms with Crippen LogP contribution in [-0.4, -0.2) is 17.1 Å². The molecule has 0 fully saturated rings. The summed E-state index contributed by atoms with van der Waals surface area (Å²) in [4.78, 5) is 0. The number of anilines is 1. The molecule has 0 aliphatic carbocycles. The number of hydrogen-bond donors (Lipinski definition) is 2. The molecule has 0 amide bonds. The van der Waals surface area contributed by atoms with Crippen molar-refractivity contribution in [2.75, 3.05) is 12.5 Å². The van der Waals surface area contributed by atoms with Gasteiger partial charge in [-0.05, 0) is 6.07 Å². The number of nitrogen functional groups attached to an aromatic ring is 1. The zero-order valence-electron chi connectivity index (χ0n) is 8.14. The van der Waals surface area contributed by atoms with Gasteiger partial charge in [0.15, 0.2) is 23.1 Å². The van der Waals surface area contributed by atoms with Gasteiger partial charge in [0.1, 0.15) is 5.75 Å². The quantitative estimate of drug-likeness (QED) is 0.753. The molecule has 0 unspecified atom stereocenters. The minimum Gasteiger partial charge on any atom is -0.508 e. The van der Waals surface area contributed by atoms with Crippen LogP contribution in [0.1, 0.15) is 0 Å². The van der Waals surface area contributed by atoms with E-state index in [1.807, 2.05) is 0 Å². The van der Waals surface area contributed by atoms with Crippen molar-refractivity contribution in [3.8, 4) is 28.6 Å². The monoisotopic (exact) mass is 220 g/mol. The molecule has 2 aromatic rings. The molecule has 0 saturated carbocycles. The van der Waals surface area contributed by atoms with E-state index in [1.54, 1.807) is 6.07 Å². The maximum absolute atomic E-state index is 9.52. The SMILES string of the molecule is Nc1cc(-c2cc(O)cc3c2OCO3)on1. The van der Waals surface area contributed by atoms with Gasteiger partial charge in [0.2, 0.25) is 6.79 Å². The van der Waals surface area contributed by atoms with Gasteiger partial charge >= 0.3 is 0 Å². The Morgan fingerprint density at radius 3 is 2.88 bits per heavy atom. The minimum atomic E-state index is 0.0641. The molecule has 0 radical (unpaired) electrons. The van der Waals surface area contributed by atoms with Crippen LogP contribution >= 0.6 is 0 Å². The molecule has 6 nitrogen and oxygen atoms in total. The van der Waals surface area contributed by atoms with Crippen LogP contribution in [0, 0.1) is 0 Å². The Hall–Kier alpha value is -2.37. The highest BCUT2D eigenvalue weighted by atomic mass is 16.7. The first-order chi connectivity index (χ1) is 7.74. The predicted octanol–water partition coefficient (Wildman–Crippen LogP) is 1.36. The number of aromatic nitrogens is 1. The lowest BCUT2D eigenvalue weighted by atomic mass is 10.1. The van der Waals surface area contributed by atoms with Crippen molar-refractivity contribution in [1.82, 2.24) is 5.16 Å². The van der Waals surface area contributed by atoms with Crippen molar-refractivity contribution in [1.29, 1.82) is 0 Å². The van der Waals surface area contributed by atoms with Crippen molar-refractivity contribution in [2.45, 2.75) is 0 Å². The van der Waals surface area contributed by atoms with E-state index in [-0.39, 0.29) is 18.4 Å². The van der Waals surface area contributed by atoms with Crippen LogP contribution in [0.2, 0.25) is 0 Å². The number of ether oxygens (including phenoxy) is 2. The molecule has 1 aromatic heterocycles. The third kappa shape index (κ3) is 1.23. The molecule has 16 heavy (non-hydrogen) atoms. The molecule has 2 heterocycles. The molecule has 1 aliphatic rings. The number of rotatable bonds is 1. The summed E-state index contributed by atoms with van der Waals surface area (Å²) >= 11 is 0. The Morgan fingerprint density at radius 1 is 1.25 bits per heavy atom. The molecule has 82 valence electrons. The van der Waals surface area contributed by atoms with Gasteiger partial charge in [-0.25, -0.2) is 0 Å². The smallest absolute Gasteiger partial charge is 0.231 e. The molecule has 1 aliphatic heterocycles. The summed E-state index contributed by atoms with van der Waals surface area (Å²) in [6.45, 7) is 0.120. The van der Waals surface area contributed by atoms with Crippen LogP contribution in [0.15, 0.2) is 22.7 Å². The molecule has 0 atom stereocenters. The molecule has 3 rings (SSSR count). The number of phenolic OH excluding ortho intramolecular Hbond substituents is 1. The number of hydrogen-bond acceptors (Lipinski definition) is 6. The van der Waals surface area contributed by atoms with Crippen molar-refractivity contribution in [3.05, 3.63) is 18.2 Å². The maximum Gasteiger partial charge on any atom is 0.231 e. The highest BCUT2D eigenvalue weighted by Gasteiger charge is 2.22. The van der Waals surface area contributed by atoms with Crippen molar-refractivity contribution in [3.63, 3.8) is 0 Å². The molecule has 0 spiro atoms. The zero-order valence-corrected chi connectivity index (χ0v) is 8.14. The highest BCUT2D eigenvalue weighted by molar-refractivity contribution is 5.73. The summed E-state index contributed by atoms with van der Waals surface area (Å²) in [5.74, 6) is 1.76. The van der Waals surface area contributed by atoms with Gasteiger partial charge in [0.05, 0.1) is 5.56 Å². The third-order valence-electron chi connectivity index (χ3n) is 2.25. The molecule has 1 aromatic carbocycles. The fraction of sp³-hybridized carbons (Fsp3) is 0.100. The van der Waals surface area contributed by atoms with Crippen LogP contribution in [0.5, 0.6) is 17.2 Å². The lowest BCUT2D eigenvalue weighted by Crippen LogP contribution is -1.93. The summed E-state index contributed by atoms with van der Waals surface area (Å²) in [6, 6.07) is 4.54.